The maximum absolute atomic E-state index is 9.45. The topological polar surface area (TPSA) is 28.8 Å². The Morgan fingerprint density at radius 2 is 0.918 bits per heavy atom. The van der Waals surface area contributed by atoms with Crippen LogP contribution in [0.15, 0.2) is 281 Å². The Morgan fingerprint density at radius 3 is 1.49 bits per heavy atom. The molecule has 0 spiro atoms. The van der Waals surface area contributed by atoms with Crippen LogP contribution in [0.2, 0.25) is 0 Å². The minimum absolute atomic E-state index is 0.448. The van der Waals surface area contributed by atoms with Gasteiger partial charge in [-0.25, -0.2) is 0 Å². The van der Waals surface area contributed by atoms with Gasteiger partial charge >= 0.3 is 0 Å². The van der Waals surface area contributed by atoms with Gasteiger partial charge in [0.2, 0.25) is 0 Å². The van der Waals surface area contributed by atoms with Gasteiger partial charge in [0.05, 0.1) is 16.7 Å². The molecule has 0 aliphatic rings. The van der Waals surface area contributed by atoms with Gasteiger partial charge in [0.1, 0.15) is 0 Å². The van der Waals surface area contributed by atoms with Gasteiger partial charge in [-0.3, -0.25) is 0 Å². The van der Waals surface area contributed by atoms with Crippen molar-refractivity contribution in [2.45, 2.75) is 27.7 Å². The number of hydrogen-bond acceptors (Lipinski definition) is 1. The van der Waals surface area contributed by atoms with E-state index in [2.05, 4.69) is 231 Å². The van der Waals surface area contributed by atoms with Crippen molar-refractivity contribution >= 4 is 66.4 Å². The molecule has 0 unspecified atom stereocenters. The Kier molecular flexibility index (Phi) is 18.2. The third-order valence-corrected chi connectivity index (χ3v) is 12.4. The van der Waals surface area contributed by atoms with E-state index < -0.39 is 0 Å². The van der Waals surface area contributed by atoms with E-state index in [9.17, 15) is 5.41 Å². The number of para-hydroxylation sites is 1. The first-order valence-electron chi connectivity index (χ1n) is 24.9. The summed E-state index contributed by atoms with van der Waals surface area (Å²) >= 11 is 0. The average molecular weight is 945 g/mol. The van der Waals surface area contributed by atoms with Crippen LogP contribution < -0.4 is 0 Å². The molecule has 0 aliphatic carbocycles. The van der Waals surface area contributed by atoms with Crippen LogP contribution in [0.3, 0.4) is 0 Å². The van der Waals surface area contributed by atoms with Gasteiger partial charge in [-0.05, 0) is 122 Å². The first kappa shape index (κ1) is 51.7. The van der Waals surface area contributed by atoms with Crippen LogP contribution in [-0.2, 0) is 0 Å². The van der Waals surface area contributed by atoms with E-state index >= 15 is 0 Å². The molecule has 10 aromatic rings. The monoisotopic (exact) mass is 945 g/mol. The number of rotatable bonds is 12. The fourth-order valence-electron chi connectivity index (χ4n) is 9.11. The van der Waals surface area contributed by atoms with Gasteiger partial charge in [0, 0.05) is 22.0 Å². The average Bonchev–Trinajstić information content (AvgIpc) is 3.78. The lowest BCUT2D eigenvalue weighted by molar-refractivity contribution is 1.24. The van der Waals surface area contributed by atoms with Crippen molar-refractivity contribution in [3.8, 4) is 33.4 Å². The van der Waals surface area contributed by atoms with Crippen molar-refractivity contribution in [3.63, 3.8) is 0 Å². The number of benzene rings is 9. The first-order chi connectivity index (χ1) is 35.9. The highest BCUT2D eigenvalue weighted by Gasteiger charge is 2.18. The van der Waals surface area contributed by atoms with E-state index in [1.54, 1.807) is 12.2 Å². The Balaban J connectivity index is 0.000000454. The smallest absolute Gasteiger partial charge is 0.0624 e. The van der Waals surface area contributed by atoms with Crippen molar-refractivity contribution in [3.05, 3.63) is 298 Å². The maximum Gasteiger partial charge on any atom is 0.0624 e. The molecule has 0 aliphatic heterocycles. The lowest BCUT2D eigenvalue weighted by atomic mass is 9.86. The molecule has 0 radical (unpaired) electrons. The van der Waals surface area contributed by atoms with E-state index in [1.807, 2.05) is 76.3 Å². The normalized spacial score (nSPS) is 11.2. The quantitative estimate of drug-likeness (QED) is 0.0718. The molecule has 358 valence electrons. The van der Waals surface area contributed by atoms with Crippen LogP contribution in [0.25, 0.3) is 94.1 Å². The number of nitrogens with zero attached hydrogens (tertiary/aromatic N) is 1. The van der Waals surface area contributed by atoms with Gasteiger partial charge in [0.25, 0.3) is 0 Å². The minimum Gasteiger partial charge on any atom is -0.309 e. The van der Waals surface area contributed by atoms with Crippen LogP contribution in [-0.4, -0.2) is 10.3 Å². The standard InChI is InChI=1S/C56H42N2.C9H10.C4H6.C2H6/c1-4-15-45(16-5-2)58-53-24-14-13-19-46(53)51-37-44(34-36-54(51)58)42-28-26-39(27-29-42)38(3)25-35-52(57)56-49-22-11-9-20-47(49)55(48-21-10-12-23-50(48)56)43-32-30-41(31-33-43)40-17-7-6-8-18-40;1-2-6-9-7-4-3-5-8-9;1-3-4-2;1-2/h4-37,57H,1,3H2,2H3;2-8H,1H3;3-4H,1-2H2;1-2H3/b16-5-,35-25-,45-15+,57-52?;6-2+;;. The van der Waals surface area contributed by atoms with Gasteiger partial charge in [-0.1, -0.05) is 265 Å². The summed E-state index contributed by atoms with van der Waals surface area (Å²) in [6.45, 7) is 23.2. The van der Waals surface area contributed by atoms with Gasteiger partial charge in [-0.15, -0.1) is 0 Å². The summed E-state index contributed by atoms with van der Waals surface area (Å²) in [4.78, 5) is 0. The second kappa shape index (κ2) is 25.7. The van der Waals surface area contributed by atoms with E-state index in [1.165, 1.54) is 33.0 Å². The molecule has 0 atom stereocenters. The summed E-state index contributed by atoms with van der Waals surface area (Å²) in [6, 6.07) is 70.4. The van der Waals surface area contributed by atoms with Gasteiger partial charge in [-0.2, -0.15) is 0 Å². The second-order valence-electron chi connectivity index (χ2n) is 16.9. The number of aromatic nitrogens is 1. The maximum atomic E-state index is 9.45. The summed E-state index contributed by atoms with van der Waals surface area (Å²) in [5.41, 5.74) is 14.9. The van der Waals surface area contributed by atoms with Crippen LogP contribution in [0.1, 0.15) is 44.4 Å². The lowest BCUT2D eigenvalue weighted by Gasteiger charge is -2.17. The Bertz CT molecular complexity index is 3590. The second-order valence-corrected chi connectivity index (χ2v) is 16.9. The molecule has 0 saturated heterocycles. The molecule has 0 bridgehead atoms. The van der Waals surface area contributed by atoms with Crippen LogP contribution in [0.5, 0.6) is 0 Å². The molecule has 0 fully saturated rings. The van der Waals surface area contributed by atoms with Crippen LogP contribution in [0, 0.1) is 5.41 Å². The highest BCUT2D eigenvalue weighted by molar-refractivity contribution is 6.28. The zero-order chi connectivity index (χ0) is 51.5. The number of hydrogen-bond donors (Lipinski definition) is 1. The van der Waals surface area contributed by atoms with E-state index in [4.69, 9.17) is 0 Å². The largest absolute Gasteiger partial charge is 0.309 e. The molecular weight excluding hydrogens is 881 g/mol. The lowest BCUT2D eigenvalue weighted by Crippen LogP contribution is -2.00. The minimum atomic E-state index is 0.448. The molecule has 9 aromatic carbocycles. The van der Waals surface area contributed by atoms with Crippen molar-refractivity contribution in [1.29, 1.82) is 5.41 Å². The van der Waals surface area contributed by atoms with Crippen molar-refractivity contribution < 1.29 is 0 Å². The summed E-state index contributed by atoms with van der Waals surface area (Å²) in [5, 5.41) is 16.2. The fraction of sp³-hybridized carbons (Fsp3) is 0.0563. The molecule has 1 heterocycles. The predicted octanol–water partition coefficient (Wildman–Crippen LogP) is 20.4. The fourth-order valence-corrected chi connectivity index (χ4v) is 9.11. The summed E-state index contributed by atoms with van der Waals surface area (Å²) in [6.07, 6.45) is 19.3. The van der Waals surface area contributed by atoms with Crippen molar-refractivity contribution in [2.24, 2.45) is 0 Å². The van der Waals surface area contributed by atoms with Crippen LogP contribution in [0.4, 0.5) is 0 Å². The summed E-state index contributed by atoms with van der Waals surface area (Å²) in [7, 11) is 0. The molecule has 0 saturated carbocycles. The third-order valence-electron chi connectivity index (χ3n) is 12.4. The Hall–Kier alpha value is -9.11. The molecule has 1 aromatic heterocycles. The molecule has 2 nitrogen and oxygen atoms in total. The SMILES string of the molecule is C/C=C/c1ccccc1.C=C/C=C(\C=C/C)n1c2ccccc2c2cc(-c3ccc(C(=C)/C=C\C(=N)c4c5ccccc5c(-c5ccc(-c6ccccc6)cc5)c5ccccc45)cc3)ccc21.C=CC=C.CC. The number of fused-ring (bicyclic) bond motifs is 5. The molecule has 10 rings (SSSR count). The zero-order valence-electron chi connectivity index (χ0n) is 42.6. The zero-order valence-corrected chi connectivity index (χ0v) is 42.6. The third kappa shape index (κ3) is 11.9. The highest BCUT2D eigenvalue weighted by Crippen LogP contribution is 2.41. The first-order valence-corrected chi connectivity index (χ1v) is 24.9. The Labute approximate surface area is 433 Å². The molecule has 0 amide bonds. The highest BCUT2D eigenvalue weighted by atomic mass is 15.0. The molecule has 1 N–H and O–H groups in total. The molecular formula is C71H64N2. The van der Waals surface area contributed by atoms with Gasteiger partial charge in [0.15, 0.2) is 0 Å². The van der Waals surface area contributed by atoms with E-state index in [0.29, 0.717) is 5.71 Å². The van der Waals surface area contributed by atoms with Crippen LogP contribution >= 0.6 is 0 Å². The van der Waals surface area contributed by atoms with Crippen molar-refractivity contribution in [1.82, 2.24) is 4.57 Å². The number of nitrogens with one attached hydrogen (secondary N) is 1. The van der Waals surface area contributed by atoms with Crippen molar-refractivity contribution in [2.75, 3.05) is 0 Å². The molecule has 2 heteroatoms. The number of allylic oxidation sites excluding steroid dienone is 11. The predicted molar refractivity (Wildman–Crippen MR) is 324 cm³/mol. The van der Waals surface area contributed by atoms with E-state index in [0.717, 1.165) is 71.7 Å². The van der Waals surface area contributed by atoms with Gasteiger partial charge < -0.3 is 9.98 Å². The Morgan fingerprint density at radius 1 is 0.438 bits per heavy atom. The molecule has 73 heavy (non-hydrogen) atoms. The summed E-state index contributed by atoms with van der Waals surface area (Å²) < 4.78 is 2.30. The summed E-state index contributed by atoms with van der Waals surface area (Å²) in [5.74, 6) is 0. The van der Waals surface area contributed by atoms with E-state index in [-0.39, 0.29) is 0 Å².